The quantitative estimate of drug-likeness (QED) is 0.290. The largest absolute Gasteiger partial charge is 0.465 e. The molecule has 8 nitrogen and oxygen atoms in total. The van der Waals surface area contributed by atoms with Crippen molar-refractivity contribution in [1.82, 2.24) is 19.3 Å². The summed E-state index contributed by atoms with van der Waals surface area (Å²) >= 11 is 2.66. The second-order valence-electron chi connectivity index (χ2n) is 7.68. The van der Waals surface area contributed by atoms with E-state index in [0.29, 0.717) is 22.1 Å². The van der Waals surface area contributed by atoms with Crippen LogP contribution in [0.15, 0.2) is 53.8 Å². The van der Waals surface area contributed by atoms with Crippen LogP contribution in [0.4, 0.5) is 5.00 Å². The molecule has 0 atom stereocenters. The van der Waals surface area contributed by atoms with Gasteiger partial charge in [0.1, 0.15) is 16.4 Å². The van der Waals surface area contributed by atoms with Gasteiger partial charge in [-0.1, -0.05) is 42.1 Å². The molecule has 3 heterocycles. The molecule has 0 radical (unpaired) electrons. The van der Waals surface area contributed by atoms with Crippen molar-refractivity contribution in [2.45, 2.75) is 18.5 Å². The molecule has 1 aromatic carbocycles. The van der Waals surface area contributed by atoms with Crippen molar-refractivity contribution in [3.63, 3.8) is 0 Å². The number of hydrogen-bond acceptors (Lipinski definition) is 7. The van der Waals surface area contributed by atoms with Crippen molar-refractivity contribution >= 4 is 40.0 Å². The number of rotatable bonds is 8. The third-order valence-corrected chi connectivity index (χ3v) is 7.48. The highest BCUT2D eigenvalue weighted by Crippen LogP contribution is 2.40. The summed E-state index contributed by atoms with van der Waals surface area (Å²) in [5, 5.41) is 12.5. The summed E-state index contributed by atoms with van der Waals surface area (Å²) < 4.78 is 8.96. The van der Waals surface area contributed by atoms with Crippen LogP contribution in [0.25, 0.3) is 11.1 Å². The summed E-state index contributed by atoms with van der Waals surface area (Å²) in [6.07, 6.45) is 2.64. The third-order valence-electron chi connectivity index (χ3n) is 5.44. The molecule has 10 heteroatoms. The highest BCUT2D eigenvalue weighted by molar-refractivity contribution is 7.99. The normalized spacial score (nSPS) is 10.9. The average molecular weight is 496 g/mol. The molecule has 0 fully saturated rings. The Hall–Kier alpha value is -3.37. The van der Waals surface area contributed by atoms with Crippen LogP contribution < -0.4 is 5.32 Å². The summed E-state index contributed by atoms with van der Waals surface area (Å²) in [5.41, 5.74) is 3.18. The Labute approximate surface area is 206 Å². The zero-order valence-electron chi connectivity index (χ0n) is 19.4. The van der Waals surface area contributed by atoms with Crippen LogP contribution in [0.1, 0.15) is 26.8 Å². The van der Waals surface area contributed by atoms with Crippen LogP contribution in [0.2, 0.25) is 0 Å². The van der Waals surface area contributed by atoms with Crippen molar-refractivity contribution in [2.75, 3.05) is 18.2 Å². The Kier molecular flexibility index (Phi) is 7.18. The molecular weight excluding hydrogens is 470 g/mol. The van der Waals surface area contributed by atoms with Crippen molar-refractivity contribution in [3.05, 3.63) is 70.6 Å². The number of aromatic nitrogens is 4. The fraction of sp³-hybridized carbons (Fsp3) is 0.250. The molecule has 0 saturated carbocycles. The molecule has 0 saturated heterocycles. The maximum absolute atomic E-state index is 12.8. The van der Waals surface area contributed by atoms with Crippen LogP contribution >= 0.6 is 23.1 Å². The minimum atomic E-state index is -0.482. The summed E-state index contributed by atoms with van der Waals surface area (Å²) in [4.78, 5) is 26.3. The number of carbonyl (C=O) groups excluding carboxylic acids is 2. The average Bonchev–Trinajstić information content (AvgIpc) is 3.50. The van der Waals surface area contributed by atoms with Crippen LogP contribution in [-0.4, -0.2) is 44.1 Å². The van der Waals surface area contributed by atoms with Gasteiger partial charge in [0.2, 0.25) is 5.91 Å². The maximum atomic E-state index is 12.8. The predicted octanol–water partition coefficient (Wildman–Crippen LogP) is 4.30. The fourth-order valence-corrected chi connectivity index (χ4v) is 5.45. The number of esters is 1. The number of hydrogen-bond donors (Lipinski definition) is 1. The molecule has 0 unspecified atom stereocenters. The number of nitrogens with zero attached hydrogens (tertiary/aromatic N) is 4. The van der Waals surface area contributed by atoms with Gasteiger partial charge in [-0.05, 0) is 24.6 Å². The fourth-order valence-electron chi connectivity index (χ4n) is 3.64. The monoisotopic (exact) mass is 495 g/mol. The molecule has 3 aromatic heterocycles. The molecule has 1 N–H and O–H groups in total. The molecule has 0 bridgehead atoms. The van der Waals surface area contributed by atoms with E-state index in [0.717, 1.165) is 27.5 Å². The summed E-state index contributed by atoms with van der Waals surface area (Å²) in [5.74, 6) is 0.237. The smallest absolute Gasteiger partial charge is 0.341 e. The summed E-state index contributed by atoms with van der Waals surface area (Å²) in [7, 11) is 5.22. The lowest BCUT2D eigenvalue weighted by Crippen LogP contribution is -2.16. The molecule has 176 valence electrons. The van der Waals surface area contributed by atoms with Crippen LogP contribution in [0.3, 0.4) is 0 Å². The van der Waals surface area contributed by atoms with E-state index in [1.165, 1.54) is 30.2 Å². The number of anilines is 1. The molecule has 4 rings (SSSR count). The molecule has 0 aliphatic heterocycles. The number of amides is 1. The van der Waals surface area contributed by atoms with Gasteiger partial charge < -0.3 is 19.2 Å². The van der Waals surface area contributed by atoms with Crippen molar-refractivity contribution in [3.8, 4) is 11.1 Å². The first-order chi connectivity index (χ1) is 16.4. The Morgan fingerprint density at radius 2 is 1.88 bits per heavy atom. The second-order valence-corrected chi connectivity index (χ2v) is 9.84. The second kappa shape index (κ2) is 10.3. The van der Waals surface area contributed by atoms with Gasteiger partial charge >= 0.3 is 5.97 Å². The topological polar surface area (TPSA) is 91.0 Å². The van der Waals surface area contributed by atoms with Gasteiger partial charge in [-0.3, -0.25) is 4.79 Å². The first-order valence-corrected chi connectivity index (χ1v) is 12.4. The molecule has 0 aliphatic carbocycles. The number of thiophene rings is 1. The number of aryl methyl sites for hydroxylation is 2. The summed E-state index contributed by atoms with van der Waals surface area (Å²) in [6, 6.07) is 13.6. The first-order valence-electron chi connectivity index (χ1n) is 10.6. The number of ether oxygens (including phenoxy) is 1. The SMILES string of the molecule is COC(=O)c1c(NC(=O)CSc2nnc(Cc3cccn3C)n2C)sc(C)c1-c1ccccc1. The Balaban J connectivity index is 1.48. The lowest BCUT2D eigenvalue weighted by Gasteiger charge is -2.08. The van der Waals surface area contributed by atoms with Gasteiger partial charge in [-0.15, -0.1) is 21.5 Å². The zero-order chi connectivity index (χ0) is 24.2. The molecule has 34 heavy (non-hydrogen) atoms. The third kappa shape index (κ3) is 4.92. The molecule has 1 amide bonds. The van der Waals surface area contributed by atoms with E-state index in [9.17, 15) is 9.59 Å². The summed E-state index contributed by atoms with van der Waals surface area (Å²) in [6.45, 7) is 1.93. The van der Waals surface area contributed by atoms with Gasteiger partial charge in [-0.2, -0.15) is 0 Å². The number of benzene rings is 1. The highest BCUT2D eigenvalue weighted by Gasteiger charge is 2.25. The standard InChI is InChI=1S/C24H25N5O3S2/c1-15-20(16-9-6-5-7-10-16)21(23(31)32-4)22(34-15)25-19(30)14-33-24-27-26-18(29(24)3)13-17-11-8-12-28(17)2/h5-12H,13-14H2,1-4H3,(H,25,30). The Morgan fingerprint density at radius 3 is 2.56 bits per heavy atom. The number of thioether (sulfide) groups is 1. The van der Waals surface area contributed by atoms with Crippen LogP contribution in [-0.2, 0) is 30.0 Å². The van der Waals surface area contributed by atoms with E-state index in [2.05, 4.69) is 15.5 Å². The maximum Gasteiger partial charge on any atom is 0.341 e. The van der Waals surface area contributed by atoms with Crippen LogP contribution in [0.5, 0.6) is 0 Å². The van der Waals surface area contributed by atoms with Gasteiger partial charge in [0, 0.05) is 42.8 Å². The minimum Gasteiger partial charge on any atom is -0.465 e. The van der Waals surface area contributed by atoms with E-state index in [1.807, 2.05) is 78.8 Å². The number of nitrogens with one attached hydrogen (secondary N) is 1. The number of methoxy groups -OCH3 is 1. The van der Waals surface area contributed by atoms with E-state index in [1.54, 1.807) is 0 Å². The van der Waals surface area contributed by atoms with Gasteiger partial charge in [0.15, 0.2) is 5.16 Å². The van der Waals surface area contributed by atoms with E-state index >= 15 is 0 Å². The predicted molar refractivity (Wildman–Crippen MR) is 134 cm³/mol. The molecule has 0 aliphatic rings. The first kappa shape index (κ1) is 23.8. The van der Waals surface area contributed by atoms with Crippen molar-refractivity contribution in [1.29, 1.82) is 0 Å². The molecular formula is C24H25N5O3S2. The zero-order valence-corrected chi connectivity index (χ0v) is 21.0. The molecule has 0 spiro atoms. The Morgan fingerprint density at radius 1 is 1.12 bits per heavy atom. The Bertz CT molecular complexity index is 1320. The minimum absolute atomic E-state index is 0.133. The van der Waals surface area contributed by atoms with Crippen molar-refractivity contribution in [2.24, 2.45) is 14.1 Å². The van der Waals surface area contributed by atoms with E-state index in [-0.39, 0.29) is 11.7 Å². The van der Waals surface area contributed by atoms with Crippen LogP contribution in [0, 0.1) is 6.92 Å². The highest BCUT2D eigenvalue weighted by atomic mass is 32.2. The number of carbonyl (C=O) groups is 2. The van der Waals surface area contributed by atoms with E-state index in [4.69, 9.17) is 4.74 Å². The lowest BCUT2D eigenvalue weighted by molar-refractivity contribution is -0.113. The van der Waals surface area contributed by atoms with Gasteiger partial charge in [0.25, 0.3) is 0 Å². The van der Waals surface area contributed by atoms with E-state index < -0.39 is 5.97 Å². The van der Waals surface area contributed by atoms with Gasteiger partial charge in [0.05, 0.1) is 12.9 Å². The van der Waals surface area contributed by atoms with Gasteiger partial charge in [-0.25, -0.2) is 4.79 Å². The molecule has 4 aromatic rings. The lowest BCUT2D eigenvalue weighted by atomic mass is 10.0. The van der Waals surface area contributed by atoms with Crippen molar-refractivity contribution < 1.29 is 14.3 Å².